The van der Waals surface area contributed by atoms with E-state index in [-0.39, 0.29) is 11.3 Å². The third-order valence-corrected chi connectivity index (χ3v) is 3.26. The van der Waals surface area contributed by atoms with E-state index in [2.05, 4.69) is 10.2 Å². The second kappa shape index (κ2) is 5.22. The monoisotopic (exact) mass is 304 g/mol. The van der Waals surface area contributed by atoms with Crippen molar-refractivity contribution in [1.29, 1.82) is 0 Å². The fourth-order valence-corrected chi connectivity index (χ4v) is 2.14. The van der Waals surface area contributed by atoms with E-state index in [1.54, 1.807) is 6.07 Å². The number of H-pyrrole nitrogens is 1. The zero-order valence-corrected chi connectivity index (χ0v) is 11.2. The summed E-state index contributed by atoms with van der Waals surface area (Å²) in [5, 5.41) is 16.6. The van der Waals surface area contributed by atoms with E-state index in [1.165, 1.54) is 0 Å². The van der Waals surface area contributed by atoms with Crippen molar-refractivity contribution in [2.45, 2.75) is 6.18 Å². The summed E-state index contributed by atoms with van der Waals surface area (Å²) in [6.07, 6.45) is -4.47. The Bertz CT molecular complexity index is 795. The molecular weight excluding hydrogens is 293 g/mol. The Balaban J connectivity index is 2.04. The number of alkyl halides is 3. The highest BCUT2D eigenvalue weighted by Gasteiger charge is 2.31. The molecule has 2 N–H and O–H groups in total. The summed E-state index contributed by atoms with van der Waals surface area (Å²) < 4.78 is 38.3. The number of hydrogen-bond acceptors (Lipinski definition) is 2. The summed E-state index contributed by atoms with van der Waals surface area (Å²) in [5.74, 6) is -0.240. The summed E-state index contributed by atoms with van der Waals surface area (Å²) in [6, 6.07) is 13.6. The van der Waals surface area contributed by atoms with E-state index in [0.717, 1.165) is 23.8 Å². The van der Waals surface area contributed by atoms with Gasteiger partial charge in [-0.05, 0) is 24.3 Å². The molecular formula is C16H11F3N2O. The SMILES string of the molecule is Oc1ccc(C(F)(F)F)cc1-c1cc(-c2ccccc2)n[nH]1. The van der Waals surface area contributed by atoms with Crippen LogP contribution in [0.15, 0.2) is 54.6 Å². The number of nitrogens with one attached hydrogen (secondary N) is 1. The Kier molecular flexibility index (Phi) is 3.36. The van der Waals surface area contributed by atoms with Gasteiger partial charge in [0.25, 0.3) is 0 Å². The number of aromatic nitrogens is 2. The van der Waals surface area contributed by atoms with E-state index in [1.807, 2.05) is 30.3 Å². The highest BCUT2D eigenvalue weighted by molar-refractivity contribution is 5.72. The maximum Gasteiger partial charge on any atom is 0.416 e. The first kappa shape index (κ1) is 14.2. The molecule has 0 radical (unpaired) electrons. The number of benzene rings is 2. The lowest BCUT2D eigenvalue weighted by Crippen LogP contribution is -2.04. The summed E-state index contributed by atoms with van der Waals surface area (Å²) in [4.78, 5) is 0. The Hall–Kier alpha value is -2.76. The molecule has 3 rings (SSSR count). The molecule has 0 fully saturated rings. The van der Waals surface area contributed by atoms with E-state index in [9.17, 15) is 18.3 Å². The molecule has 112 valence electrons. The lowest BCUT2D eigenvalue weighted by molar-refractivity contribution is -0.137. The standard InChI is InChI=1S/C16H11F3N2O/c17-16(18,19)11-6-7-15(22)12(8-11)14-9-13(20-21-14)10-4-2-1-3-5-10/h1-9,22H,(H,20,21). The first-order valence-corrected chi connectivity index (χ1v) is 6.46. The van der Waals surface area contributed by atoms with Gasteiger partial charge in [0.05, 0.1) is 17.0 Å². The molecule has 22 heavy (non-hydrogen) atoms. The van der Waals surface area contributed by atoms with Crippen molar-refractivity contribution in [3.05, 3.63) is 60.2 Å². The zero-order chi connectivity index (χ0) is 15.7. The van der Waals surface area contributed by atoms with Crippen molar-refractivity contribution in [2.75, 3.05) is 0 Å². The van der Waals surface area contributed by atoms with Crippen molar-refractivity contribution in [3.63, 3.8) is 0 Å². The molecule has 0 amide bonds. The Morgan fingerprint density at radius 1 is 0.955 bits per heavy atom. The zero-order valence-electron chi connectivity index (χ0n) is 11.2. The van der Waals surface area contributed by atoms with Crippen LogP contribution < -0.4 is 0 Å². The van der Waals surface area contributed by atoms with Gasteiger partial charge in [-0.3, -0.25) is 5.10 Å². The molecule has 0 saturated heterocycles. The molecule has 3 nitrogen and oxygen atoms in total. The molecule has 3 aromatic rings. The number of phenols is 1. The Labute approximate surface area is 124 Å². The van der Waals surface area contributed by atoms with Crippen LogP contribution in [0.3, 0.4) is 0 Å². The van der Waals surface area contributed by atoms with Crippen LogP contribution in [0.25, 0.3) is 22.5 Å². The summed E-state index contributed by atoms with van der Waals surface area (Å²) in [7, 11) is 0. The van der Waals surface area contributed by atoms with Crippen molar-refractivity contribution in [1.82, 2.24) is 10.2 Å². The molecule has 0 unspecified atom stereocenters. The normalized spacial score (nSPS) is 11.6. The number of halogens is 3. The molecule has 0 saturated carbocycles. The predicted octanol–water partition coefficient (Wildman–Crippen LogP) is 4.47. The lowest BCUT2D eigenvalue weighted by atomic mass is 10.1. The molecule has 1 aromatic heterocycles. The number of rotatable bonds is 2. The van der Waals surface area contributed by atoms with E-state index < -0.39 is 11.7 Å². The molecule has 2 aromatic carbocycles. The van der Waals surface area contributed by atoms with Crippen LogP contribution in [0.2, 0.25) is 0 Å². The lowest BCUT2D eigenvalue weighted by Gasteiger charge is -2.09. The molecule has 0 aliphatic heterocycles. The second-order valence-corrected chi connectivity index (χ2v) is 4.76. The van der Waals surface area contributed by atoms with Gasteiger partial charge in [0, 0.05) is 11.1 Å². The average molecular weight is 304 g/mol. The summed E-state index contributed by atoms with van der Waals surface area (Å²) in [6.45, 7) is 0. The molecule has 1 heterocycles. The van der Waals surface area contributed by atoms with Crippen molar-refractivity contribution in [2.24, 2.45) is 0 Å². The fourth-order valence-electron chi connectivity index (χ4n) is 2.14. The average Bonchev–Trinajstić information content (AvgIpc) is 2.97. The quantitative estimate of drug-likeness (QED) is 0.734. The van der Waals surface area contributed by atoms with Crippen LogP contribution in [0, 0.1) is 0 Å². The van der Waals surface area contributed by atoms with Gasteiger partial charge in [0.1, 0.15) is 5.75 Å². The third kappa shape index (κ3) is 2.67. The largest absolute Gasteiger partial charge is 0.507 e. The van der Waals surface area contributed by atoms with Crippen LogP contribution in [0.1, 0.15) is 5.56 Å². The molecule has 0 aliphatic carbocycles. The predicted molar refractivity (Wildman–Crippen MR) is 76.1 cm³/mol. The number of hydrogen-bond donors (Lipinski definition) is 2. The third-order valence-electron chi connectivity index (χ3n) is 3.26. The maximum atomic E-state index is 12.8. The molecule has 0 spiro atoms. The van der Waals surface area contributed by atoms with Crippen LogP contribution in [0.4, 0.5) is 13.2 Å². The highest BCUT2D eigenvalue weighted by Crippen LogP contribution is 2.36. The number of nitrogens with zero attached hydrogens (tertiary/aromatic N) is 1. The minimum absolute atomic E-state index is 0.0597. The first-order valence-electron chi connectivity index (χ1n) is 6.46. The van der Waals surface area contributed by atoms with Crippen LogP contribution in [0.5, 0.6) is 5.75 Å². The molecule has 6 heteroatoms. The van der Waals surface area contributed by atoms with Gasteiger partial charge in [-0.25, -0.2) is 0 Å². The number of phenolic OH excluding ortho intramolecular Hbond substituents is 1. The van der Waals surface area contributed by atoms with Gasteiger partial charge in [-0.15, -0.1) is 0 Å². The van der Waals surface area contributed by atoms with E-state index in [0.29, 0.717) is 11.4 Å². The minimum atomic E-state index is -4.47. The van der Waals surface area contributed by atoms with Gasteiger partial charge in [0.15, 0.2) is 0 Å². The van der Waals surface area contributed by atoms with Gasteiger partial charge in [0.2, 0.25) is 0 Å². The molecule has 0 bridgehead atoms. The topological polar surface area (TPSA) is 48.9 Å². The van der Waals surface area contributed by atoms with Crippen LogP contribution >= 0.6 is 0 Å². The van der Waals surface area contributed by atoms with Crippen molar-refractivity contribution in [3.8, 4) is 28.3 Å². The minimum Gasteiger partial charge on any atom is -0.507 e. The second-order valence-electron chi connectivity index (χ2n) is 4.76. The molecule has 0 aliphatic rings. The van der Waals surface area contributed by atoms with Crippen molar-refractivity contribution < 1.29 is 18.3 Å². The maximum absolute atomic E-state index is 12.8. The summed E-state index contributed by atoms with van der Waals surface area (Å²) >= 11 is 0. The number of aromatic amines is 1. The van der Waals surface area contributed by atoms with Gasteiger partial charge < -0.3 is 5.11 Å². The summed E-state index contributed by atoms with van der Waals surface area (Å²) in [5.41, 5.74) is 0.979. The fraction of sp³-hybridized carbons (Fsp3) is 0.0625. The highest BCUT2D eigenvalue weighted by atomic mass is 19.4. The Morgan fingerprint density at radius 3 is 2.36 bits per heavy atom. The van der Waals surface area contributed by atoms with Crippen LogP contribution in [-0.4, -0.2) is 15.3 Å². The number of aromatic hydroxyl groups is 1. The smallest absolute Gasteiger partial charge is 0.416 e. The van der Waals surface area contributed by atoms with E-state index in [4.69, 9.17) is 0 Å². The van der Waals surface area contributed by atoms with Crippen molar-refractivity contribution >= 4 is 0 Å². The van der Waals surface area contributed by atoms with Gasteiger partial charge >= 0.3 is 6.18 Å². The van der Waals surface area contributed by atoms with E-state index >= 15 is 0 Å². The molecule has 0 atom stereocenters. The first-order chi connectivity index (χ1) is 10.4. The van der Waals surface area contributed by atoms with Crippen LogP contribution in [-0.2, 0) is 6.18 Å². The van der Waals surface area contributed by atoms with Gasteiger partial charge in [-0.2, -0.15) is 18.3 Å². The van der Waals surface area contributed by atoms with Gasteiger partial charge in [-0.1, -0.05) is 30.3 Å². The Morgan fingerprint density at radius 2 is 1.68 bits per heavy atom.